The third-order valence-electron chi connectivity index (χ3n) is 4.39. The highest BCUT2D eigenvalue weighted by Gasteiger charge is 2.12. The van der Waals surface area contributed by atoms with Crippen LogP contribution in [0.2, 0.25) is 0 Å². The van der Waals surface area contributed by atoms with Gasteiger partial charge in [-0.05, 0) is 61.4 Å². The number of carbonyl (C=O) groups is 2. The first-order chi connectivity index (χ1) is 12.7. The van der Waals surface area contributed by atoms with E-state index >= 15 is 0 Å². The molecule has 3 rings (SSSR count). The number of nitrogens with one attached hydrogen (secondary N) is 1. The molecule has 0 atom stereocenters. The van der Waals surface area contributed by atoms with Crippen molar-refractivity contribution >= 4 is 34.6 Å². The number of esters is 1. The number of rotatable bonds is 7. The molecule has 1 fully saturated rings. The molecule has 0 unspecified atom stereocenters. The normalized spacial score (nSPS) is 14.1. The summed E-state index contributed by atoms with van der Waals surface area (Å²) in [7, 11) is 0. The number of hydrogen-bond donors (Lipinski definition) is 1. The minimum Gasteiger partial charge on any atom is -0.456 e. The second kappa shape index (κ2) is 9.38. The molecule has 1 saturated heterocycles. The highest BCUT2D eigenvalue weighted by molar-refractivity contribution is 7.09. The second-order valence-electron chi connectivity index (χ2n) is 6.38. The average molecular weight is 372 g/mol. The zero-order chi connectivity index (χ0) is 18.2. The van der Waals surface area contributed by atoms with Gasteiger partial charge in [-0.15, -0.1) is 11.3 Å². The molecule has 0 aliphatic carbocycles. The van der Waals surface area contributed by atoms with Gasteiger partial charge in [0.2, 0.25) is 0 Å². The summed E-state index contributed by atoms with van der Waals surface area (Å²) >= 11 is 1.61. The van der Waals surface area contributed by atoms with Gasteiger partial charge in [-0.2, -0.15) is 0 Å². The Bertz CT molecular complexity index is 707. The average Bonchev–Trinajstić information content (AvgIpc) is 3.20. The van der Waals surface area contributed by atoms with Gasteiger partial charge in [-0.25, -0.2) is 0 Å². The van der Waals surface area contributed by atoms with Gasteiger partial charge in [0.05, 0.1) is 6.42 Å². The molecule has 1 aliphatic rings. The lowest BCUT2D eigenvalue weighted by molar-refractivity contribution is -0.147. The lowest BCUT2D eigenvalue weighted by Crippen LogP contribution is -2.29. The first kappa shape index (κ1) is 18.5. The molecule has 1 aliphatic heterocycles. The van der Waals surface area contributed by atoms with Gasteiger partial charge in [0, 0.05) is 29.3 Å². The molecular formula is C20H24N2O3S. The van der Waals surface area contributed by atoms with Crippen molar-refractivity contribution in [1.29, 1.82) is 0 Å². The van der Waals surface area contributed by atoms with E-state index in [0.717, 1.165) is 18.0 Å². The molecule has 0 saturated carbocycles. The molecule has 26 heavy (non-hydrogen) atoms. The number of thiophene rings is 1. The molecule has 0 radical (unpaired) electrons. The van der Waals surface area contributed by atoms with E-state index in [-0.39, 0.29) is 18.5 Å². The first-order valence-electron chi connectivity index (χ1n) is 9.03. The molecule has 0 spiro atoms. The Labute approximate surface area is 158 Å². The quantitative estimate of drug-likeness (QED) is 0.750. The van der Waals surface area contributed by atoms with Crippen molar-refractivity contribution in [3.63, 3.8) is 0 Å². The molecule has 1 amide bonds. The maximum atomic E-state index is 11.9. The summed E-state index contributed by atoms with van der Waals surface area (Å²) in [5, 5.41) is 4.74. The van der Waals surface area contributed by atoms with E-state index < -0.39 is 0 Å². The van der Waals surface area contributed by atoms with E-state index in [1.54, 1.807) is 11.3 Å². The van der Waals surface area contributed by atoms with Crippen molar-refractivity contribution in [3.8, 4) is 0 Å². The van der Waals surface area contributed by atoms with Crippen LogP contribution in [0, 0.1) is 0 Å². The smallest absolute Gasteiger partial charge is 0.306 e. The minimum atomic E-state index is -0.353. The number of aryl methyl sites for hydroxylation is 1. The van der Waals surface area contributed by atoms with Crippen molar-refractivity contribution in [1.82, 2.24) is 0 Å². The van der Waals surface area contributed by atoms with E-state index in [4.69, 9.17) is 4.74 Å². The Kier molecular flexibility index (Phi) is 6.66. The lowest BCUT2D eigenvalue weighted by Gasteiger charge is -2.28. The van der Waals surface area contributed by atoms with Crippen LogP contribution >= 0.6 is 11.3 Å². The predicted octanol–water partition coefficient (Wildman–Crippen LogP) is 3.85. The SMILES string of the molecule is O=C(COC(=O)CCc1cccs1)Nc1ccc(N2CCCCC2)cc1. The maximum absolute atomic E-state index is 11.9. The van der Waals surface area contributed by atoms with Gasteiger partial charge in [0.1, 0.15) is 0 Å². The number of benzene rings is 1. The molecule has 5 nitrogen and oxygen atoms in total. The Balaban J connectivity index is 1.39. The Morgan fingerprint density at radius 3 is 2.54 bits per heavy atom. The largest absolute Gasteiger partial charge is 0.456 e. The van der Waals surface area contributed by atoms with Crippen LogP contribution in [0.5, 0.6) is 0 Å². The van der Waals surface area contributed by atoms with Gasteiger partial charge in [0.25, 0.3) is 5.91 Å². The lowest BCUT2D eigenvalue weighted by atomic mass is 10.1. The first-order valence-corrected chi connectivity index (χ1v) is 9.91. The Morgan fingerprint density at radius 2 is 1.85 bits per heavy atom. The molecule has 1 N–H and O–H groups in total. The zero-order valence-corrected chi connectivity index (χ0v) is 15.6. The van der Waals surface area contributed by atoms with Gasteiger partial charge < -0.3 is 15.0 Å². The number of hydrogen-bond acceptors (Lipinski definition) is 5. The minimum absolute atomic E-state index is 0.253. The van der Waals surface area contributed by atoms with Crippen LogP contribution in [0.3, 0.4) is 0 Å². The van der Waals surface area contributed by atoms with E-state index in [9.17, 15) is 9.59 Å². The van der Waals surface area contributed by atoms with E-state index in [1.165, 1.54) is 24.9 Å². The highest BCUT2D eigenvalue weighted by atomic mass is 32.1. The fourth-order valence-electron chi connectivity index (χ4n) is 3.00. The van der Waals surface area contributed by atoms with Gasteiger partial charge in [-0.1, -0.05) is 6.07 Å². The van der Waals surface area contributed by atoms with Crippen molar-refractivity contribution in [2.24, 2.45) is 0 Å². The summed E-state index contributed by atoms with van der Waals surface area (Å²) in [4.78, 5) is 27.2. The van der Waals surface area contributed by atoms with Crippen molar-refractivity contribution in [2.45, 2.75) is 32.1 Å². The van der Waals surface area contributed by atoms with Crippen LogP contribution in [0.15, 0.2) is 41.8 Å². The van der Waals surface area contributed by atoms with E-state index in [0.29, 0.717) is 18.5 Å². The third kappa shape index (κ3) is 5.59. The standard InChI is InChI=1S/C20H24N2O3S/c23-19(15-25-20(24)11-10-18-5-4-14-26-18)21-16-6-8-17(9-7-16)22-12-2-1-3-13-22/h4-9,14H,1-3,10-13,15H2,(H,21,23). The van der Waals surface area contributed by atoms with Crippen LogP contribution in [0.25, 0.3) is 0 Å². The molecule has 1 aromatic carbocycles. The van der Waals surface area contributed by atoms with Crippen molar-refractivity contribution < 1.29 is 14.3 Å². The number of carbonyl (C=O) groups excluding carboxylic acids is 2. The second-order valence-corrected chi connectivity index (χ2v) is 7.42. The van der Waals surface area contributed by atoms with Crippen LogP contribution in [-0.4, -0.2) is 31.6 Å². The molecule has 0 bridgehead atoms. The molecule has 2 heterocycles. The van der Waals surface area contributed by atoms with Crippen LogP contribution < -0.4 is 10.2 Å². The summed E-state index contributed by atoms with van der Waals surface area (Å²) in [5.41, 5.74) is 1.90. The molecule has 6 heteroatoms. The number of amides is 1. The molecule has 138 valence electrons. The third-order valence-corrected chi connectivity index (χ3v) is 5.33. The molecule has 1 aromatic heterocycles. The highest BCUT2D eigenvalue weighted by Crippen LogP contribution is 2.21. The summed E-state index contributed by atoms with van der Waals surface area (Å²) in [6.45, 7) is 1.93. The summed E-state index contributed by atoms with van der Waals surface area (Å²) in [5.74, 6) is -0.672. The van der Waals surface area contributed by atoms with Gasteiger partial charge >= 0.3 is 5.97 Å². The van der Waals surface area contributed by atoms with Crippen LogP contribution in [0.4, 0.5) is 11.4 Å². The monoisotopic (exact) mass is 372 g/mol. The summed E-state index contributed by atoms with van der Waals surface area (Å²) in [6.07, 6.45) is 4.71. The topological polar surface area (TPSA) is 58.6 Å². The Hall–Kier alpha value is -2.34. The fraction of sp³-hybridized carbons (Fsp3) is 0.400. The van der Waals surface area contributed by atoms with Crippen LogP contribution in [0.1, 0.15) is 30.6 Å². The van der Waals surface area contributed by atoms with Crippen LogP contribution in [-0.2, 0) is 20.7 Å². The van der Waals surface area contributed by atoms with E-state index in [2.05, 4.69) is 10.2 Å². The molecule has 2 aromatic rings. The number of anilines is 2. The predicted molar refractivity (Wildman–Crippen MR) is 105 cm³/mol. The summed E-state index contributed by atoms with van der Waals surface area (Å²) < 4.78 is 5.04. The maximum Gasteiger partial charge on any atom is 0.306 e. The number of piperidine rings is 1. The fourth-order valence-corrected chi connectivity index (χ4v) is 3.71. The van der Waals surface area contributed by atoms with E-state index in [1.807, 2.05) is 41.8 Å². The van der Waals surface area contributed by atoms with Gasteiger partial charge in [-0.3, -0.25) is 9.59 Å². The molecular weight excluding hydrogens is 348 g/mol. The summed E-state index contributed by atoms with van der Waals surface area (Å²) in [6, 6.07) is 11.8. The van der Waals surface area contributed by atoms with Crippen molar-refractivity contribution in [2.75, 3.05) is 29.9 Å². The van der Waals surface area contributed by atoms with Crippen molar-refractivity contribution in [3.05, 3.63) is 46.7 Å². The number of ether oxygens (including phenoxy) is 1. The number of nitrogens with zero attached hydrogens (tertiary/aromatic N) is 1. The van der Waals surface area contributed by atoms with Gasteiger partial charge in [0.15, 0.2) is 6.61 Å². The zero-order valence-electron chi connectivity index (χ0n) is 14.8. The Morgan fingerprint density at radius 1 is 1.08 bits per heavy atom.